The Balaban J connectivity index is 1.11. The lowest BCUT2D eigenvalue weighted by molar-refractivity contribution is -0.0444. The molecule has 1 heterocycles. The van der Waals surface area contributed by atoms with Crippen LogP contribution in [0.4, 0.5) is 4.79 Å². The fourth-order valence-corrected chi connectivity index (χ4v) is 4.82. The molecule has 1 aromatic carbocycles. The third-order valence-electron chi connectivity index (χ3n) is 6.23. The number of halogens is 1. The molecule has 2 aliphatic rings. The van der Waals surface area contributed by atoms with Crippen LogP contribution in [0.1, 0.15) is 47.3 Å². The minimum atomic E-state index is -0.125. The topological polar surface area (TPSA) is 83.1 Å². The molecule has 0 unspecified atom stereocenters. The van der Waals surface area contributed by atoms with Gasteiger partial charge in [-0.3, -0.25) is 9.78 Å². The highest BCUT2D eigenvalue weighted by Gasteiger charge is 2.52. The average Bonchev–Trinajstić information content (AvgIpc) is 2.67. The Kier molecular flexibility index (Phi) is 5.95. The van der Waals surface area contributed by atoms with Gasteiger partial charge in [-0.15, -0.1) is 0 Å². The molecule has 3 amide bonds. The van der Waals surface area contributed by atoms with Crippen LogP contribution < -0.4 is 16.0 Å². The Morgan fingerprint density at radius 2 is 1.80 bits per heavy atom. The number of benzene rings is 1. The monoisotopic (exact) mass is 426 g/mol. The van der Waals surface area contributed by atoms with Crippen molar-refractivity contribution in [2.24, 2.45) is 11.3 Å². The van der Waals surface area contributed by atoms with E-state index in [1.54, 1.807) is 12.3 Å². The first-order chi connectivity index (χ1) is 14.4. The summed E-state index contributed by atoms with van der Waals surface area (Å²) in [6.45, 7) is 3.09. The van der Waals surface area contributed by atoms with Gasteiger partial charge in [-0.2, -0.15) is 0 Å². The van der Waals surface area contributed by atoms with Crippen molar-refractivity contribution in [3.8, 4) is 0 Å². The van der Waals surface area contributed by atoms with Gasteiger partial charge in [0, 0.05) is 36.0 Å². The van der Waals surface area contributed by atoms with E-state index in [0.717, 1.165) is 36.9 Å². The number of carbonyl (C=O) groups is 2. The maximum atomic E-state index is 12.2. The predicted octanol–water partition coefficient (Wildman–Crippen LogP) is 3.83. The zero-order valence-corrected chi connectivity index (χ0v) is 17.8. The largest absolute Gasteiger partial charge is 0.352 e. The lowest BCUT2D eigenvalue weighted by atomic mass is 9.50. The molecule has 2 saturated carbocycles. The molecule has 2 fully saturated rings. The molecule has 2 aromatic rings. The van der Waals surface area contributed by atoms with Gasteiger partial charge in [-0.05, 0) is 73.8 Å². The van der Waals surface area contributed by atoms with E-state index in [0.29, 0.717) is 35.0 Å². The van der Waals surface area contributed by atoms with Crippen LogP contribution in [-0.2, 0) is 6.54 Å². The number of amides is 3. The Morgan fingerprint density at radius 1 is 1.07 bits per heavy atom. The van der Waals surface area contributed by atoms with E-state index in [4.69, 9.17) is 11.6 Å². The van der Waals surface area contributed by atoms with Gasteiger partial charge in [0.25, 0.3) is 5.91 Å². The average molecular weight is 427 g/mol. The fraction of sp³-hybridized carbons (Fsp3) is 0.435. The summed E-state index contributed by atoms with van der Waals surface area (Å²) in [5, 5.41) is 9.66. The molecule has 2 aliphatic carbocycles. The van der Waals surface area contributed by atoms with Gasteiger partial charge < -0.3 is 16.0 Å². The molecular formula is C23H27ClN4O2. The zero-order valence-electron chi connectivity index (χ0n) is 17.1. The van der Waals surface area contributed by atoms with Crippen molar-refractivity contribution < 1.29 is 9.59 Å². The van der Waals surface area contributed by atoms with Crippen LogP contribution in [0.25, 0.3) is 0 Å². The van der Waals surface area contributed by atoms with E-state index in [1.807, 2.05) is 37.3 Å². The standard InChI is InChI=1S/C23H27ClN4O2/c1-15-2-5-18(14-25-15)21(29)26-13-17-8-23(9-17)10-20(11-23)28-22(30)27-12-16-3-6-19(24)7-4-16/h2-7,14,17,20H,8-13H2,1H3,(H,26,29)(H2,27,28,30). The molecule has 0 aliphatic heterocycles. The summed E-state index contributed by atoms with van der Waals surface area (Å²) >= 11 is 5.87. The Hall–Kier alpha value is -2.60. The van der Waals surface area contributed by atoms with E-state index >= 15 is 0 Å². The van der Waals surface area contributed by atoms with Crippen molar-refractivity contribution >= 4 is 23.5 Å². The van der Waals surface area contributed by atoms with Crippen LogP contribution in [0.2, 0.25) is 5.02 Å². The summed E-state index contributed by atoms with van der Waals surface area (Å²) in [7, 11) is 0. The van der Waals surface area contributed by atoms with Crippen LogP contribution in [0.3, 0.4) is 0 Å². The maximum Gasteiger partial charge on any atom is 0.315 e. The molecule has 1 aromatic heterocycles. The number of carbonyl (C=O) groups excluding carboxylic acids is 2. The molecule has 4 rings (SSSR count). The maximum absolute atomic E-state index is 12.2. The van der Waals surface area contributed by atoms with Crippen LogP contribution in [0, 0.1) is 18.3 Å². The normalized spacial score (nSPS) is 24.5. The quantitative estimate of drug-likeness (QED) is 0.656. The zero-order chi connectivity index (χ0) is 21.1. The third-order valence-corrected chi connectivity index (χ3v) is 6.48. The van der Waals surface area contributed by atoms with Gasteiger partial charge in [0.05, 0.1) is 5.56 Å². The molecule has 7 heteroatoms. The third kappa shape index (κ3) is 4.93. The predicted molar refractivity (Wildman–Crippen MR) is 116 cm³/mol. The summed E-state index contributed by atoms with van der Waals surface area (Å²) in [5.41, 5.74) is 2.88. The minimum Gasteiger partial charge on any atom is -0.352 e. The first-order valence-corrected chi connectivity index (χ1v) is 10.8. The molecule has 0 bridgehead atoms. The summed E-state index contributed by atoms with van der Waals surface area (Å²) in [5.74, 6) is 0.459. The highest BCUT2D eigenvalue weighted by molar-refractivity contribution is 6.30. The minimum absolute atomic E-state index is 0.0611. The Morgan fingerprint density at radius 3 is 2.47 bits per heavy atom. The summed E-state index contributed by atoms with van der Waals surface area (Å²) < 4.78 is 0. The second kappa shape index (κ2) is 8.64. The van der Waals surface area contributed by atoms with E-state index in [2.05, 4.69) is 20.9 Å². The van der Waals surface area contributed by atoms with Crippen LogP contribution in [-0.4, -0.2) is 29.5 Å². The van der Waals surface area contributed by atoms with E-state index in [1.165, 1.54) is 0 Å². The van der Waals surface area contributed by atoms with Crippen molar-refractivity contribution in [3.05, 3.63) is 64.4 Å². The lowest BCUT2D eigenvalue weighted by Crippen LogP contribution is -2.58. The van der Waals surface area contributed by atoms with E-state index in [9.17, 15) is 9.59 Å². The van der Waals surface area contributed by atoms with Crippen molar-refractivity contribution in [1.29, 1.82) is 0 Å². The second-order valence-electron chi connectivity index (χ2n) is 8.73. The van der Waals surface area contributed by atoms with Crippen molar-refractivity contribution in [2.45, 2.75) is 45.2 Å². The molecule has 0 atom stereocenters. The van der Waals surface area contributed by atoms with Gasteiger partial charge in [0.1, 0.15) is 0 Å². The Labute approximate surface area is 181 Å². The smallest absolute Gasteiger partial charge is 0.315 e. The number of nitrogens with zero attached hydrogens (tertiary/aromatic N) is 1. The van der Waals surface area contributed by atoms with Gasteiger partial charge in [0.15, 0.2) is 0 Å². The van der Waals surface area contributed by atoms with Crippen LogP contribution in [0.15, 0.2) is 42.6 Å². The van der Waals surface area contributed by atoms with Crippen LogP contribution >= 0.6 is 11.6 Å². The highest BCUT2D eigenvalue weighted by Crippen LogP contribution is 2.58. The van der Waals surface area contributed by atoms with E-state index < -0.39 is 0 Å². The number of pyridine rings is 1. The van der Waals surface area contributed by atoms with Gasteiger partial charge in [-0.25, -0.2) is 4.79 Å². The highest BCUT2D eigenvalue weighted by atomic mass is 35.5. The molecule has 1 spiro atoms. The molecular weight excluding hydrogens is 400 g/mol. The number of nitrogens with one attached hydrogen (secondary N) is 3. The number of aryl methyl sites for hydroxylation is 1. The number of aromatic nitrogens is 1. The van der Waals surface area contributed by atoms with Gasteiger partial charge in [-0.1, -0.05) is 23.7 Å². The molecule has 0 saturated heterocycles. The molecule has 30 heavy (non-hydrogen) atoms. The number of urea groups is 1. The van der Waals surface area contributed by atoms with Crippen molar-refractivity contribution in [1.82, 2.24) is 20.9 Å². The lowest BCUT2D eigenvalue weighted by Gasteiger charge is -2.58. The number of hydrogen-bond donors (Lipinski definition) is 3. The fourth-order valence-electron chi connectivity index (χ4n) is 4.69. The van der Waals surface area contributed by atoms with Crippen molar-refractivity contribution in [3.63, 3.8) is 0 Å². The SMILES string of the molecule is Cc1ccc(C(=O)NCC2CC3(C2)CC(NC(=O)NCc2ccc(Cl)cc2)C3)cn1. The molecule has 0 radical (unpaired) electrons. The molecule has 158 valence electrons. The Bertz CT molecular complexity index is 900. The summed E-state index contributed by atoms with van der Waals surface area (Å²) in [6.07, 6.45) is 5.89. The number of hydrogen-bond acceptors (Lipinski definition) is 3. The first-order valence-electron chi connectivity index (χ1n) is 10.4. The first kappa shape index (κ1) is 20.7. The number of rotatable bonds is 6. The van der Waals surface area contributed by atoms with Crippen LogP contribution in [0.5, 0.6) is 0 Å². The van der Waals surface area contributed by atoms with Gasteiger partial charge in [0.2, 0.25) is 0 Å². The van der Waals surface area contributed by atoms with Crippen molar-refractivity contribution in [2.75, 3.05) is 6.54 Å². The van der Waals surface area contributed by atoms with Gasteiger partial charge >= 0.3 is 6.03 Å². The second-order valence-corrected chi connectivity index (χ2v) is 9.17. The van der Waals surface area contributed by atoms with E-state index in [-0.39, 0.29) is 18.0 Å². The molecule has 3 N–H and O–H groups in total. The molecule has 6 nitrogen and oxygen atoms in total. The summed E-state index contributed by atoms with van der Waals surface area (Å²) in [6, 6.07) is 11.2. The summed E-state index contributed by atoms with van der Waals surface area (Å²) in [4.78, 5) is 28.5.